The first kappa shape index (κ1) is 47.6. The van der Waals surface area contributed by atoms with Crippen LogP contribution in [-0.4, -0.2) is 104 Å². The van der Waals surface area contributed by atoms with Gasteiger partial charge in [-0.15, -0.1) is 0 Å². The minimum Gasteiger partial charge on any atom is -0.550 e. The average Bonchev–Trinajstić information content (AvgIpc) is 4.17. The van der Waals surface area contributed by atoms with Gasteiger partial charge in [-0.3, -0.25) is 9.97 Å². The fourth-order valence-electron chi connectivity index (χ4n) is 7.70. The summed E-state index contributed by atoms with van der Waals surface area (Å²) in [7, 11) is 0. The van der Waals surface area contributed by atoms with Crippen molar-refractivity contribution in [1.82, 2.24) is 9.97 Å². The normalized spacial score (nSPS) is 15.7. The van der Waals surface area contributed by atoms with E-state index < -0.39 is 49.2 Å². The standard InChI is InChI=1S/2C25H24FNO4.Ca/c2*26-17-9-7-15(8-10-17)24-20-3-1-2-4-22(20)27-25(16-5-6-16)21(24)12-11-18(28)13-19(29)14-23(30)31;/h2*1-4,7-12,16,18-19,28-29H,5-6,13-14H2,(H,30,31);/q;;+2/p-2/b2*12-11-;/t2*18-,19+;/m11./s1. The van der Waals surface area contributed by atoms with Gasteiger partial charge in [0.05, 0.1) is 46.8 Å². The molecule has 2 heterocycles. The van der Waals surface area contributed by atoms with E-state index in [0.717, 1.165) is 92.3 Å². The van der Waals surface area contributed by atoms with Crippen LogP contribution in [0.4, 0.5) is 8.78 Å². The van der Waals surface area contributed by atoms with Gasteiger partial charge in [0.1, 0.15) is 11.6 Å². The molecule has 2 fully saturated rings. The monoisotopic (exact) mass is 880 g/mol. The molecule has 2 aliphatic rings. The molecule has 0 radical (unpaired) electrons. The summed E-state index contributed by atoms with van der Waals surface area (Å²) in [5, 5.41) is 63.3. The summed E-state index contributed by atoms with van der Waals surface area (Å²) in [5.74, 6) is -2.72. The zero-order valence-corrected chi connectivity index (χ0v) is 36.7. The summed E-state index contributed by atoms with van der Waals surface area (Å²) < 4.78 is 27.1. The Balaban J connectivity index is 0.000000206. The maximum absolute atomic E-state index is 13.6. The Hall–Kier alpha value is -4.92. The van der Waals surface area contributed by atoms with Crippen molar-refractivity contribution in [3.05, 3.63) is 143 Å². The Morgan fingerprint density at radius 3 is 1.27 bits per heavy atom. The van der Waals surface area contributed by atoms with Crippen molar-refractivity contribution in [3.8, 4) is 22.3 Å². The third-order valence-electron chi connectivity index (χ3n) is 10.9. The largest absolute Gasteiger partial charge is 2.00 e. The maximum Gasteiger partial charge on any atom is 2.00 e. The van der Waals surface area contributed by atoms with E-state index in [1.807, 2.05) is 48.5 Å². The molecule has 6 aromatic rings. The van der Waals surface area contributed by atoms with E-state index in [1.54, 1.807) is 48.6 Å². The molecule has 10 nitrogen and oxygen atoms in total. The van der Waals surface area contributed by atoms with Gasteiger partial charge in [-0.2, -0.15) is 0 Å². The number of fused-ring (bicyclic) bond motifs is 2. The number of aliphatic carboxylic acids is 2. The Labute approximate surface area is 393 Å². The van der Waals surface area contributed by atoms with Crippen LogP contribution in [0.15, 0.2) is 109 Å². The minimum atomic E-state index is -1.36. The van der Waals surface area contributed by atoms with Gasteiger partial charge in [-0.05, 0) is 73.2 Å². The summed E-state index contributed by atoms with van der Waals surface area (Å²) in [6, 6.07) is 28.1. The van der Waals surface area contributed by atoms with E-state index in [9.17, 15) is 49.0 Å². The summed E-state index contributed by atoms with van der Waals surface area (Å²) >= 11 is 0. The molecule has 2 saturated carbocycles. The van der Waals surface area contributed by atoms with E-state index in [2.05, 4.69) is 0 Å². The number of hydrogen-bond donors (Lipinski definition) is 4. The predicted molar refractivity (Wildman–Crippen MR) is 235 cm³/mol. The van der Waals surface area contributed by atoms with Crippen molar-refractivity contribution in [2.45, 2.75) is 87.6 Å². The van der Waals surface area contributed by atoms with Crippen molar-refractivity contribution < 1.29 is 49.0 Å². The van der Waals surface area contributed by atoms with Crippen molar-refractivity contribution in [3.63, 3.8) is 0 Å². The quantitative estimate of drug-likeness (QED) is 0.0843. The van der Waals surface area contributed by atoms with E-state index in [0.29, 0.717) is 11.8 Å². The molecule has 4 N–H and O–H groups in total. The van der Waals surface area contributed by atoms with Crippen LogP contribution in [0.2, 0.25) is 0 Å². The number of rotatable bonds is 16. The molecule has 320 valence electrons. The molecule has 0 unspecified atom stereocenters. The molecule has 13 heteroatoms. The number of aliphatic hydroxyl groups excluding tert-OH is 4. The van der Waals surface area contributed by atoms with Gasteiger partial charge in [-0.25, -0.2) is 8.78 Å². The van der Waals surface area contributed by atoms with E-state index in [-0.39, 0.29) is 62.2 Å². The Bertz CT molecular complexity index is 2430. The van der Waals surface area contributed by atoms with Crippen LogP contribution in [0.1, 0.15) is 85.7 Å². The fraction of sp³-hybridized carbons (Fsp3) is 0.280. The third-order valence-corrected chi connectivity index (χ3v) is 10.9. The van der Waals surface area contributed by atoms with Gasteiger partial charge in [0.25, 0.3) is 0 Å². The summed E-state index contributed by atoms with van der Waals surface area (Å²) in [6.45, 7) is 0. The number of carboxylic acids is 2. The molecular weight excluding hydrogens is 835 g/mol. The van der Waals surface area contributed by atoms with Crippen LogP contribution >= 0.6 is 0 Å². The number of benzene rings is 4. The number of aliphatic hydroxyl groups is 4. The predicted octanol–water partition coefficient (Wildman–Crippen LogP) is 5.99. The van der Waals surface area contributed by atoms with E-state index in [4.69, 9.17) is 9.97 Å². The van der Waals surface area contributed by atoms with Crippen LogP contribution in [0, 0.1) is 11.6 Å². The first-order chi connectivity index (χ1) is 29.8. The number of carbonyl (C=O) groups excluding carboxylic acids is 2. The number of aromatic nitrogens is 2. The second-order valence-corrected chi connectivity index (χ2v) is 16.0. The molecule has 2 aromatic heterocycles. The Morgan fingerprint density at radius 1 is 0.587 bits per heavy atom. The number of nitrogens with zero attached hydrogens (tertiary/aromatic N) is 2. The smallest absolute Gasteiger partial charge is 0.550 e. The number of halogens is 2. The van der Waals surface area contributed by atoms with Crippen LogP contribution in [0.3, 0.4) is 0 Å². The molecular formula is C50H46CaF2N2O8. The molecule has 8 rings (SSSR count). The van der Waals surface area contributed by atoms with Gasteiger partial charge < -0.3 is 40.2 Å². The van der Waals surface area contributed by atoms with Crippen LogP contribution < -0.4 is 10.2 Å². The molecule has 0 bridgehead atoms. The topological polar surface area (TPSA) is 187 Å². The zero-order valence-electron chi connectivity index (χ0n) is 34.4. The van der Waals surface area contributed by atoms with E-state index >= 15 is 0 Å². The second kappa shape index (κ2) is 21.6. The van der Waals surface area contributed by atoms with Gasteiger partial charge in [-0.1, -0.05) is 85.0 Å². The van der Waals surface area contributed by atoms with Gasteiger partial charge >= 0.3 is 37.7 Å². The summed E-state index contributed by atoms with van der Waals surface area (Å²) in [5.41, 5.74) is 8.76. The average molecular weight is 881 g/mol. The number of carbonyl (C=O) groups is 2. The molecule has 0 amide bonds. The van der Waals surface area contributed by atoms with Crippen molar-refractivity contribution >= 4 is 83.6 Å². The molecule has 4 atom stereocenters. The SMILES string of the molecule is O=C([O-])C[C@@H](O)C[C@H](O)/C=C\c1c(C2CC2)nc2ccccc2c1-c1ccc(F)cc1.O=C([O-])C[C@@H](O)C[C@H](O)/C=C\c1c(C2CC2)nc2ccccc2c1-c1ccc(F)cc1.[Ca+2]. The van der Waals surface area contributed by atoms with Crippen LogP contribution in [-0.2, 0) is 9.59 Å². The number of carboxylic acid groups (broad SMARTS) is 2. The molecule has 2 aliphatic carbocycles. The van der Waals surface area contributed by atoms with Crippen molar-refractivity contribution in [2.75, 3.05) is 0 Å². The zero-order chi connectivity index (χ0) is 43.9. The maximum atomic E-state index is 13.6. The van der Waals surface area contributed by atoms with E-state index in [1.165, 1.54) is 24.3 Å². The molecule has 0 aliphatic heterocycles. The van der Waals surface area contributed by atoms with Crippen molar-refractivity contribution in [1.29, 1.82) is 0 Å². The second-order valence-electron chi connectivity index (χ2n) is 16.0. The molecule has 63 heavy (non-hydrogen) atoms. The summed E-state index contributed by atoms with van der Waals surface area (Å²) in [6.07, 6.45) is 5.02. The first-order valence-corrected chi connectivity index (χ1v) is 20.7. The van der Waals surface area contributed by atoms with Crippen LogP contribution in [0.25, 0.3) is 56.2 Å². The number of pyridine rings is 2. The Morgan fingerprint density at radius 2 is 0.937 bits per heavy atom. The third kappa shape index (κ3) is 12.6. The molecule has 0 saturated heterocycles. The summed E-state index contributed by atoms with van der Waals surface area (Å²) in [4.78, 5) is 31.0. The minimum absolute atomic E-state index is 0. The fourth-order valence-corrected chi connectivity index (χ4v) is 7.70. The van der Waals surface area contributed by atoms with Crippen molar-refractivity contribution in [2.24, 2.45) is 0 Å². The molecule has 4 aromatic carbocycles. The van der Waals surface area contributed by atoms with Gasteiger partial charge in [0.2, 0.25) is 0 Å². The molecule has 0 spiro atoms. The van der Waals surface area contributed by atoms with Gasteiger partial charge in [0, 0.05) is 82.5 Å². The number of hydrogen-bond acceptors (Lipinski definition) is 10. The first-order valence-electron chi connectivity index (χ1n) is 20.7. The van der Waals surface area contributed by atoms with Crippen LogP contribution in [0.5, 0.6) is 0 Å². The Kier molecular flexibility index (Phi) is 16.3. The number of para-hydroxylation sites is 2. The van der Waals surface area contributed by atoms with Gasteiger partial charge in [0.15, 0.2) is 0 Å².